The second kappa shape index (κ2) is 6.84. The van der Waals surface area contributed by atoms with E-state index in [2.05, 4.69) is 16.0 Å². The van der Waals surface area contributed by atoms with Crippen molar-refractivity contribution in [2.24, 2.45) is 0 Å². The first-order valence-corrected chi connectivity index (χ1v) is 7.62. The van der Waals surface area contributed by atoms with Crippen LogP contribution in [0.15, 0.2) is 12.1 Å². The Morgan fingerprint density at radius 1 is 1.26 bits per heavy atom. The van der Waals surface area contributed by atoms with Gasteiger partial charge in [-0.25, -0.2) is 4.39 Å². The predicted molar refractivity (Wildman–Crippen MR) is 88.6 cm³/mol. The minimum atomic E-state index is -0.601. The largest absolute Gasteiger partial charge is 0.347 e. The molecule has 0 atom stereocenters. The maximum atomic E-state index is 14.2. The Morgan fingerprint density at radius 2 is 1.96 bits per heavy atom. The van der Waals surface area contributed by atoms with Gasteiger partial charge in [-0.3, -0.25) is 9.59 Å². The van der Waals surface area contributed by atoms with E-state index in [-0.39, 0.29) is 35.3 Å². The monoisotopic (exact) mass is 341 g/mol. The zero-order valence-electron chi connectivity index (χ0n) is 13.0. The van der Waals surface area contributed by atoms with Crippen molar-refractivity contribution >= 4 is 29.9 Å². The lowest BCUT2D eigenvalue weighted by molar-refractivity contribution is -0.116. The van der Waals surface area contributed by atoms with E-state index in [0.717, 1.165) is 31.5 Å². The molecule has 1 aromatic carbocycles. The number of amides is 2. The average molecular weight is 342 g/mol. The summed E-state index contributed by atoms with van der Waals surface area (Å²) in [5.74, 6) is -1.11. The number of fused-ring (bicyclic) bond motifs is 1. The van der Waals surface area contributed by atoms with Crippen LogP contribution in [-0.2, 0) is 11.2 Å². The molecular weight excluding hydrogens is 321 g/mol. The van der Waals surface area contributed by atoms with E-state index in [1.165, 1.54) is 6.07 Å². The molecule has 23 heavy (non-hydrogen) atoms. The highest BCUT2D eigenvalue weighted by atomic mass is 35.5. The van der Waals surface area contributed by atoms with Gasteiger partial charge in [0.05, 0.1) is 5.56 Å². The van der Waals surface area contributed by atoms with E-state index in [4.69, 9.17) is 0 Å². The predicted octanol–water partition coefficient (Wildman–Crippen LogP) is 2.00. The third-order valence-corrected chi connectivity index (χ3v) is 4.46. The summed E-state index contributed by atoms with van der Waals surface area (Å²) < 4.78 is 14.2. The summed E-state index contributed by atoms with van der Waals surface area (Å²) in [6.07, 6.45) is 2.54. The number of hydrogen-bond donors (Lipinski definition) is 3. The van der Waals surface area contributed by atoms with Gasteiger partial charge in [-0.2, -0.15) is 0 Å². The Kier molecular flexibility index (Phi) is 5.26. The highest BCUT2D eigenvalue weighted by Crippen LogP contribution is 2.26. The SMILES string of the molecule is CC1(NC(=O)c2cc3c(cc2F)NC(=O)CC3)CCNCC1.Cl. The van der Waals surface area contributed by atoms with E-state index < -0.39 is 5.82 Å². The van der Waals surface area contributed by atoms with Crippen LogP contribution in [0.3, 0.4) is 0 Å². The molecular formula is C16H21ClFN3O2. The number of nitrogens with one attached hydrogen (secondary N) is 3. The van der Waals surface area contributed by atoms with Gasteiger partial charge in [-0.05, 0) is 57.0 Å². The fraction of sp³-hybridized carbons (Fsp3) is 0.500. The summed E-state index contributed by atoms with van der Waals surface area (Å²) in [6.45, 7) is 3.67. The van der Waals surface area contributed by atoms with Crippen molar-refractivity contribution in [3.8, 4) is 0 Å². The molecule has 5 nitrogen and oxygen atoms in total. The molecule has 1 aromatic rings. The first kappa shape index (κ1) is 17.7. The number of benzene rings is 1. The molecule has 0 saturated carbocycles. The topological polar surface area (TPSA) is 70.2 Å². The number of carbonyl (C=O) groups excluding carboxylic acids is 2. The standard InChI is InChI=1S/C16H20FN3O2.ClH/c1-16(4-6-18-7-5-16)20-15(22)11-8-10-2-3-14(21)19-13(10)9-12(11)17;/h8-9,18H,2-7H2,1H3,(H,19,21)(H,20,22);1H. The second-order valence-electron chi connectivity index (χ2n) is 6.30. The smallest absolute Gasteiger partial charge is 0.254 e. The zero-order chi connectivity index (χ0) is 15.7. The van der Waals surface area contributed by atoms with Crippen LogP contribution in [0.4, 0.5) is 10.1 Å². The third kappa shape index (κ3) is 3.82. The first-order valence-electron chi connectivity index (χ1n) is 7.62. The Bertz CT molecular complexity index is 630. The van der Waals surface area contributed by atoms with Gasteiger partial charge in [0.15, 0.2) is 0 Å². The van der Waals surface area contributed by atoms with Crippen LogP contribution in [0, 0.1) is 5.82 Å². The Balaban J connectivity index is 0.00000192. The minimum absolute atomic E-state index is 0. The number of carbonyl (C=O) groups is 2. The quantitative estimate of drug-likeness (QED) is 0.770. The highest BCUT2D eigenvalue weighted by Gasteiger charge is 2.30. The molecule has 0 unspecified atom stereocenters. The average Bonchev–Trinajstić information content (AvgIpc) is 2.46. The molecule has 7 heteroatoms. The van der Waals surface area contributed by atoms with Gasteiger partial charge in [0, 0.05) is 17.6 Å². The van der Waals surface area contributed by atoms with Gasteiger partial charge in [0.25, 0.3) is 5.91 Å². The van der Waals surface area contributed by atoms with Crippen molar-refractivity contribution in [3.05, 3.63) is 29.1 Å². The molecule has 2 aliphatic heterocycles. The van der Waals surface area contributed by atoms with Crippen molar-refractivity contribution in [2.75, 3.05) is 18.4 Å². The first-order chi connectivity index (χ1) is 10.5. The number of halogens is 2. The highest BCUT2D eigenvalue weighted by molar-refractivity contribution is 5.98. The van der Waals surface area contributed by atoms with Crippen molar-refractivity contribution in [1.82, 2.24) is 10.6 Å². The summed E-state index contributed by atoms with van der Waals surface area (Å²) in [6, 6.07) is 2.80. The molecule has 2 aliphatic rings. The normalized spacial score (nSPS) is 19.1. The van der Waals surface area contributed by atoms with Crippen LogP contribution in [-0.4, -0.2) is 30.4 Å². The summed E-state index contributed by atoms with van der Waals surface area (Å²) in [7, 11) is 0. The van der Waals surface area contributed by atoms with Crippen LogP contribution in [0.2, 0.25) is 0 Å². The second-order valence-corrected chi connectivity index (χ2v) is 6.30. The molecule has 1 fully saturated rings. The summed E-state index contributed by atoms with van der Waals surface area (Å²) in [5.41, 5.74) is 1.02. The molecule has 3 rings (SSSR count). The summed E-state index contributed by atoms with van der Waals surface area (Å²) >= 11 is 0. The van der Waals surface area contributed by atoms with Gasteiger partial charge in [0.2, 0.25) is 5.91 Å². The molecule has 126 valence electrons. The summed E-state index contributed by atoms with van der Waals surface area (Å²) in [4.78, 5) is 23.8. The molecule has 2 amide bonds. The number of piperidine rings is 1. The molecule has 1 saturated heterocycles. The number of hydrogen-bond acceptors (Lipinski definition) is 3. The lowest BCUT2D eigenvalue weighted by atomic mass is 9.90. The maximum absolute atomic E-state index is 14.2. The van der Waals surface area contributed by atoms with Crippen molar-refractivity contribution in [1.29, 1.82) is 0 Å². The van der Waals surface area contributed by atoms with Crippen LogP contribution in [0.5, 0.6) is 0 Å². The van der Waals surface area contributed by atoms with Crippen LogP contribution in [0.25, 0.3) is 0 Å². The molecule has 0 aliphatic carbocycles. The number of anilines is 1. The molecule has 0 bridgehead atoms. The Labute approximate surface area is 140 Å². The Hall–Kier alpha value is -1.66. The fourth-order valence-electron chi connectivity index (χ4n) is 3.02. The number of rotatable bonds is 2. The van der Waals surface area contributed by atoms with Crippen LogP contribution < -0.4 is 16.0 Å². The van der Waals surface area contributed by atoms with E-state index in [0.29, 0.717) is 18.5 Å². The van der Waals surface area contributed by atoms with Gasteiger partial charge in [-0.15, -0.1) is 12.4 Å². The van der Waals surface area contributed by atoms with E-state index in [1.807, 2.05) is 6.92 Å². The molecule has 2 heterocycles. The zero-order valence-corrected chi connectivity index (χ0v) is 13.8. The number of aryl methyl sites for hydroxylation is 1. The minimum Gasteiger partial charge on any atom is -0.347 e. The van der Waals surface area contributed by atoms with Gasteiger partial charge < -0.3 is 16.0 Å². The van der Waals surface area contributed by atoms with Gasteiger partial charge in [-0.1, -0.05) is 0 Å². The lowest BCUT2D eigenvalue weighted by Gasteiger charge is -2.35. The molecule has 0 radical (unpaired) electrons. The van der Waals surface area contributed by atoms with E-state index in [1.54, 1.807) is 6.07 Å². The van der Waals surface area contributed by atoms with Crippen molar-refractivity contribution in [3.63, 3.8) is 0 Å². The van der Waals surface area contributed by atoms with Crippen LogP contribution >= 0.6 is 12.4 Å². The summed E-state index contributed by atoms with van der Waals surface area (Å²) in [5, 5.41) is 8.84. The van der Waals surface area contributed by atoms with Gasteiger partial charge >= 0.3 is 0 Å². The molecule has 3 N–H and O–H groups in total. The molecule has 0 aromatic heterocycles. The van der Waals surface area contributed by atoms with Crippen molar-refractivity contribution in [2.45, 2.75) is 38.1 Å². The van der Waals surface area contributed by atoms with Crippen molar-refractivity contribution < 1.29 is 14.0 Å². The van der Waals surface area contributed by atoms with Gasteiger partial charge in [0.1, 0.15) is 5.82 Å². The van der Waals surface area contributed by atoms with E-state index in [9.17, 15) is 14.0 Å². The van der Waals surface area contributed by atoms with Crippen LogP contribution in [0.1, 0.15) is 42.1 Å². The maximum Gasteiger partial charge on any atom is 0.254 e. The van der Waals surface area contributed by atoms with E-state index >= 15 is 0 Å². The Morgan fingerprint density at radius 3 is 2.65 bits per heavy atom. The molecule has 0 spiro atoms. The fourth-order valence-corrected chi connectivity index (χ4v) is 3.02. The third-order valence-electron chi connectivity index (χ3n) is 4.46. The lowest BCUT2D eigenvalue weighted by Crippen LogP contribution is -2.52.